The molecule has 0 radical (unpaired) electrons. The summed E-state index contributed by atoms with van der Waals surface area (Å²) in [4.78, 5) is 4.60. The molecule has 2 aromatic heterocycles. The number of hydrogen-bond donors (Lipinski definition) is 2. The molecule has 0 aliphatic heterocycles. The highest BCUT2D eigenvalue weighted by Crippen LogP contribution is 2.32. The normalized spacial score (nSPS) is 11.8. The van der Waals surface area contributed by atoms with E-state index in [4.69, 9.17) is 20.8 Å². The van der Waals surface area contributed by atoms with Gasteiger partial charge in [0.05, 0.1) is 18.0 Å². The van der Waals surface area contributed by atoms with Crippen LogP contribution in [-0.4, -0.2) is 17.2 Å². The molecule has 2 heterocycles. The third-order valence-corrected chi connectivity index (χ3v) is 5.29. The highest BCUT2D eigenvalue weighted by molar-refractivity contribution is 6.31. The van der Waals surface area contributed by atoms with Crippen molar-refractivity contribution < 1.29 is 14.3 Å². The molecule has 0 amide bonds. The highest BCUT2D eigenvalue weighted by Gasteiger charge is 2.10. The first-order valence-electron chi connectivity index (χ1n) is 9.87. The third-order valence-electron chi connectivity index (χ3n) is 5.06. The van der Waals surface area contributed by atoms with Gasteiger partial charge in [-0.05, 0) is 54.6 Å². The summed E-state index contributed by atoms with van der Waals surface area (Å²) in [5, 5.41) is 17.5. The SMILES string of the molecule is COc1cc(-c2c/c(=N\Nc3ccc4ccccc4n3)c3cc(Cl)ccc3o2)ccc1O. The van der Waals surface area contributed by atoms with E-state index >= 15 is 0 Å². The molecular weight excluding hydrogens is 426 g/mol. The van der Waals surface area contributed by atoms with Crippen LogP contribution < -0.4 is 15.5 Å². The molecule has 0 spiro atoms. The Bertz CT molecular complexity index is 1530. The van der Waals surface area contributed by atoms with Crippen LogP contribution in [0.1, 0.15) is 0 Å². The molecule has 2 N–H and O–H groups in total. The fourth-order valence-corrected chi connectivity index (χ4v) is 3.62. The first-order valence-corrected chi connectivity index (χ1v) is 10.2. The number of pyridine rings is 1. The number of nitrogens with one attached hydrogen (secondary N) is 1. The van der Waals surface area contributed by atoms with Gasteiger partial charge in [0.2, 0.25) is 0 Å². The number of benzene rings is 3. The van der Waals surface area contributed by atoms with Crippen LogP contribution >= 0.6 is 11.6 Å². The van der Waals surface area contributed by atoms with Gasteiger partial charge in [-0.25, -0.2) is 4.98 Å². The zero-order chi connectivity index (χ0) is 22.1. The van der Waals surface area contributed by atoms with Crippen LogP contribution in [0.4, 0.5) is 5.82 Å². The maximum atomic E-state index is 9.92. The van der Waals surface area contributed by atoms with E-state index in [1.54, 1.807) is 42.5 Å². The largest absolute Gasteiger partial charge is 0.504 e. The zero-order valence-electron chi connectivity index (χ0n) is 17.0. The molecule has 158 valence electrons. The number of aromatic nitrogens is 1. The number of aromatic hydroxyl groups is 1. The number of nitrogens with zero attached hydrogens (tertiary/aromatic N) is 2. The maximum absolute atomic E-state index is 9.92. The van der Waals surface area contributed by atoms with E-state index in [-0.39, 0.29) is 5.75 Å². The van der Waals surface area contributed by atoms with Crippen LogP contribution in [0.25, 0.3) is 33.2 Å². The van der Waals surface area contributed by atoms with Crippen molar-refractivity contribution in [2.24, 2.45) is 5.10 Å². The molecule has 0 bridgehead atoms. The third kappa shape index (κ3) is 3.84. The van der Waals surface area contributed by atoms with E-state index in [0.717, 1.165) is 21.9 Å². The number of fused-ring (bicyclic) bond motifs is 2. The van der Waals surface area contributed by atoms with Gasteiger partial charge in [0.1, 0.15) is 17.2 Å². The molecule has 0 saturated carbocycles. The molecule has 0 aliphatic rings. The van der Waals surface area contributed by atoms with E-state index in [1.807, 2.05) is 36.4 Å². The second-order valence-corrected chi connectivity index (χ2v) is 7.57. The van der Waals surface area contributed by atoms with Gasteiger partial charge in [-0.3, -0.25) is 5.43 Å². The predicted molar refractivity (Wildman–Crippen MR) is 126 cm³/mol. The van der Waals surface area contributed by atoms with Crippen molar-refractivity contribution in [2.75, 3.05) is 12.5 Å². The monoisotopic (exact) mass is 443 g/mol. The number of ether oxygens (including phenoxy) is 1. The molecule has 0 saturated heterocycles. The van der Waals surface area contributed by atoms with Crippen LogP contribution in [0.5, 0.6) is 11.5 Å². The van der Waals surface area contributed by atoms with Crippen LogP contribution in [0.15, 0.2) is 88.4 Å². The Morgan fingerprint density at radius 3 is 2.75 bits per heavy atom. The van der Waals surface area contributed by atoms with Crippen molar-refractivity contribution in [3.05, 3.63) is 89.2 Å². The summed E-state index contributed by atoms with van der Waals surface area (Å²) in [6.45, 7) is 0. The molecule has 5 aromatic rings. The quantitative estimate of drug-likeness (QED) is 0.336. The number of rotatable bonds is 4. The van der Waals surface area contributed by atoms with Gasteiger partial charge in [0, 0.05) is 27.4 Å². The standard InChI is InChI=1S/C25H18ClN3O3/c1-31-24-12-16(6-9-21(24)30)23-14-20(18-13-17(26)8-10-22(18)32-23)28-29-25-11-7-15-4-2-3-5-19(15)27-25/h2-14,30H,1H3,(H,27,29)/b28-20+. The van der Waals surface area contributed by atoms with Gasteiger partial charge >= 0.3 is 0 Å². The van der Waals surface area contributed by atoms with Crippen LogP contribution in [-0.2, 0) is 0 Å². The Labute approximate surface area is 188 Å². The fourth-order valence-electron chi connectivity index (χ4n) is 3.45. The van der Waals surface area contributed by atoms with Gasteiger partial charge in [0.25, 0.3) is 0 Å². The number of methoxy groups -OCH3 is 1. The van der Waals surface area contributed by atoms with Crippen molar-refractivity contribution in [1.82, 2.24) is 4.98 Å². The number of halogens is 1. The highest BCUT2D eigenvalue weighted by atomic mass is 35.5. The van der Waals surface area contributed by atoms with E-state index in [1.165, 1.54) is 7.11 Å². The van der Waals surface area contributed by atoms with Crippen molar-refractivity contribution >= 4 is 39.3 Å². The molecule has 0 fully saturated rings. The van der Waals surface area contributed by atoms with Gasteiger partial charge in [-0.15, -0.1) is 0 Å². The summed E-state index contributed by atoms with van der Waals surface area (Å²) in [6.07, 6.45) is 0. The average Bonchev–Trinajstić information content (AvgIpc) is 2.82. The first kappa shape index (κ1) is 19.9. The lowest BCUT2D eigenvalue weighted by molar-refractivity contribution is 0.373. The lowest BCUT2D eigenvalue weighted by Crippen LogP contribution is -2.08. The van der Waals surface area contributed by atoms with Crippen LogP contribution in [0.3, 0.4) is 0 Å². The molecule has 6 nitrogen and oxygen atoms in total. The Morgan fingerprint density at radius 1 is 1.00 bits per heavy atom. The number of hydrogen-bond acceptors (Lipinski definition) is 6. The Kier molecular flexibility index (Phi) is 5.13. The van der Waals surface area contributed by atoms with Crippen molar-refractivity contribution in [2.45, 2.75) is 0 Å². The summed E-state index contributed by atoms with van der Waals surface area (Å²) in [7, 11) is 1.50. The maximum Gasteiger partial charge on any atom is 0.161 e. The molecule has 0 unspecified atom stereocenters. The summed E-state index contributed by atoms with van der Waals surface area (Å²) in [6, 6.07) is 23.9. The summed E-state index contributed by atoms with van der Waals surface area (Å²) in [5.41, 5.74) is 5.26. The predicted octanol–water partition coefficient (Wildman–Crippen LogP) is 5.94. The van der Waals surface area contributed by atoms with Gasteiger partial charge < -0.3 is 14.3 Å². The summed E-state index contributed by atoms with van der Waals surface area (Å²) < 4.78 is 11.3. The van der Waals surface area contributed by atoms with Crippen molar-refractivity contribution in [3.8, 4) is 22.8 Å². The van der Waals surface area contributed by atoms with Crippen LogP contribution in [0, 0.1) is 0 Å². The Balaban J connectivity index is 1.63. The second kappa shape index (κ2) is 8.24. The van der Waals surface area contributed by atoms with Crippen molar-refractivity contribution in [1.29, 1.82) is 0 Å². The summed E-state index contributed by atoms with van der Waals surface area (Å²) in [5.74, 6) is 1.58. The fraction of sp³-hybridized carbons (Fsp3) is 0.0400. The zero-order valence-corrected chi connectivity index (χ0v) is 17.8. The minimum atomic E-state index is 0.0535. The smallest absolute Gasteiger partial charge is 0.161 e. The number of phenolic OH excluding ortho intramolecular Hbond substituents is 1. The Morgan fingerprint density at radius 2 is 1.88 bits per heavy atom. The van der Waals surface area contributed by atoms with Crippen LogP contribution in [0.2, 0.25) is 5.02 Å². The average molecular weight is 444 g/mol. The lowest BCUT2D eigenvalue weighted by Gasteiger charge is -2.08. The van der Waals surface area contributed by atoms with E-state index in [2.05, 4.69) is 15.5 Å². The number of phenols is 1. The Hall–Kier alpha value is -4.03. The van der Waals surface area contributed by atoms with Gasteiger partial charge in [0.15, 0.2) is 11.5 Å². The number of para-hydroxylation sites is 1. The molecular formula is C25H18ClN3O3. The summed E-state index contributed by atoms with van der Waals surface area (Å²) >= 11 is 6.23. The molecule has 7 heteroatoms. The second-order valence-electron chi connectivity index (χ2n) is 7.14. The first-order chi connectivity index (χ1) is 15.6. The number of anilines is 1. The topological polar surface area (TPSA) is 79.9 Å². The lowest BCUT2D eigenvalue weighted by atomic mass is 10.1. The minimum Gasteiger partial charge on any atom is -0.504 e. The molecule has 0 aliphatic carbocycles. The van der Waals surface area contributed by atoms with Gasteiger partial charge in [-0.1, -0.05) is 29.8 Å². The molecule has 32 heavy (non-hydrogen) atoms. The van der Waals surface area contributed by atoms with E-state index in [9.17, 15) is 5.11 Å². The molecule has 0 atom stereocenters. The van der Waals surface area contributed by atoms with Gasteiger partial charge in [-0.2, -0.15) is 5.10 Å². The molecule has 3 aromatic carbocycles. The molecule has 5 rings (SSSR count). The van der Waals surface area contributed by atoms with Crippen molar-refractivity contribution in [3.63, 3.8) is 0 Å². The van der Waals surface area contributed by atoms with E-state index in [0.29, 0.717) is 33.3 Å². The minimum absolute atomic E-state index is 0.0535. The van der Waals surface area contributed by atoms with E-state index < -0.39 is 0 Å².